The monoisotopic (exact) mass is 366 g/mol. The van der Waals surface area contributed by atoms with Crippen molar-refractivity contribution < 1.29 is 9.59 Å². The number of rotatable bonds is 4. The number of aromatic nitrogens is 1. The van der Waals surface area contributed by atoms with Crippen molar-refractivity contribution in [3.05, 3.63) is 59.3 Å². The van der Waals surface area contributed by atoms with Gasteiger partial charge in [0, 0.05) is 24.8 Å². The number of nitrogens with one attached hydrogen (secondary N) is 2. The lowest BCUT2D eigenvalue weighted by molar-refractivity contribution is 0.0846. The maximum Gasteiger partial charge on any atom is 0.271 e. The summed E-state index contributed by atoms with van der Waals surface area (Å²) < 4.78 is 0. The summed E-state index contributed by atoms with van der Waals surface area (Å²) in [6, 6.07) is 10.9. The van der Waals surface area contributed by atoms with Gasteiger partial charge in [-0.25, -0.2) is 4.98 Å². The molecule has 6 nitrogen and oxygen atoms in total. The molecule has 0 atom stereocenters. The van der Waals surface area contributed by atoms with Gasteiger partial charge in [-0.2, -0.15) is 0 Å². The van der Waals surface area contributed by atoms with E-state index in [4.69, 9.17) is 0 Å². The molecule has 1 fully saturated rings. The number of aryl methyl sites for hydroxylation is 1. The summed E-state index contributed by atoms with van der Waals surface area (Å²) in [5.74, 6) is 0.164. The van der Waals surface area contributed by atoms with E-state index in [1.54, 1.807) is 24.4 Å². The van der Waals surface area contributed by atoms with E-state index in [1.165, 1.54) is 25.7 Å². The number of amides is 2. The first-order valence-electron chi connectivity index (χ1n) is 9.58. The number of carbonyl (C=O) groups excluding carboxylic acids is 2. The normalized spacial score (nSPS) is 14.3. The van der Waals surface area contributed by atoms with Crippen LogP contribution in [-0.4, -0.2) is 29.9 Å². The van der Waals surface area contributed by atoms with E-state index in [9.17, 15) is 9.59 Å². The van der Waals surface area contributed by atoms with Crippen molar-refractivity contribution in [2.75, 3.05) is 18.0 Å². The van der Waals surface area contributed by atoms with Crippen molar-refractivity contribution >= 4 is 17.6 Å². The van der Waals surface area contributed by atoms with Crippen molar-refractivity contribution in [1.82, 2.24) is 15.8 Å². The highest BCUT2D eigenvalue weighted by Gasteiger charge is 2.13. The Labute approximate surface area is 160 Å². The molecular formula is C21H26N4O2. The minimum atomic E-state index is -0.386. The third-order valence-corrected chi connectivity index (χ3v) is 4.85. The first-order chi connectivity index (χ1) is 13.2. The number of hydrazine groups is 1. The molecule has 1 aromatic carbocycles. The molecule has 2 N–H and O–H groups in total. The van der Waals surface area contributed by atoms with Crippen LogP contribution in [0.25, 0.3) is 0 Å². The highest BCUT2D eigenvalue weighted by molar-refractivity contribution is 5.99. The maximum atomic E-state index is 12.2. The van der Waals surface area contributed by atoms with Crippen LogP contribution in [0.1, 0.15) is 58.9 Å². The van der Waals surface area contributed by atoms with E-state index >= 15 is 0 Å². The van der Waals surface area contributed by atoms with Gasteiger partial charge >= 0.3 is 0 Å². The second-order valence-corrected chi connectivity index (χ2v) is 6.77. The molecule has 6 heteroatoms. The minimum Gasteiger partial charge on any atom is -0.357 e. The highest BCUT2D eigenvalue weighted by Crippen LogP contribution is 2.17. The van der Waals surface area contributed by atoms with Crippen LogP contribution in [0.4, 0.5) is 5.82 Å². The molecule has 1 saturated heterocycles. The summed E-state index contributed by atoms with van der Waals surface area (Å²) in [6.07, 6.45) is 7.34. The second-order valence-electron chi connectivity index (χ2n) is 6.77. The number of anilines is 1. The fraction of sp³-hybridized carbons (Fsp3) is 0.381. The van der Waals surface area contributed by atoms with E-state index in [1.807, 2.05) is 18.2 Å². The smallest absolute Gasteiger partial charge is 0.271 e. The van der Waals surface area contributed by atoms with Crippen LogP contribution in [0.5, 0.6) is 0 Å². The Kier molecular flexibility index (Phi) is 6.41. The third kappa shape index (κ3) is 5.06. The van der Waals surface area contributed by atoms with Gasteiger partial charge < -0.3 is 4.90 Å². The predicted octanol–water partition coefficient (Wildman–Crippen LogP) is 3.10. The molecule has 0 aliphatic carbocycles. The van der Waals surface area contributed by atoms with Crippen LogP contribution in [0, 0.1) is 0 Å². The summed E-state index contributed by atoms with van der Waals surface area (Å²) in [4.78, 5) is 31.1. The first-order valence-corrected chi connectivity index (χ1v) is 9.58. The van der Waals surface area contributed by atoms with Crippen molar-refractivity contribution in [2.45, 2.75) is 39.0 Å². The van der Waals surface area contributed by atoms with Crippen LogP contribution in [0.2, 0.25) is 0 Å². The van der Waals surface area contributed by atoms with Crippen LogP contribution < -0.4 is 15.8 Å². The minimum absolute atomic E-state index is 0.347. The van der Waals surface area contributed by atoms with Gasteiger partial charge in [0.2, 0.25) is 0 Å². The Morgan fingerprint density at radius 3 is 2.04 bits per heavy atom. The number of hydrogen-bond acceptors (Lipinski definition) is 4. The van der Waals surface area contributed by atoms with Crippen molar-refractivity contribution in [1.29, 1.82) is 0 Å². The molecule has 0 saturated carbocycles. The first kappa shape index (κ1) is 18.9. The van der Waals surface area contributed by atoms with Gasteiger partial charge in [0.1, 0.15) is 5.82 Å². The number of hydrogen-bond donors (Lipinski definition) is 2. The molecule has 0 bridgehead atoms. The standard InChI is InChI=1S/C21H26N4O2/c1-2-16-7-9-17(10-8-16)20(26)23-24-21(27)18-11-12-19(22-15-18)25-13-5-3-4-6-14-25/h7-12,15H,2-6,13-14H2,1H3,(H,23,26)(H,24,27). The molecule has 0 radical (unpaired) electrons. The Morgan fingerprint density at radius 2 is 1.48 bits per heavy atom. The van der Waals surface area contributed by atoms with Gasteiger partial charge in [-0.3, -0.25) is 20.4 Å². The number of benzene rings is 1. The fourth-order valence-corrected chi connectivity index (χ4v) is 3.16. The lowest BCUT2D eigenvalue weighted by atomic mass is 10.1. The van der Waals surface area contributed by atoms with Gasteiger partial charge in [-0.15, -0.1) is 0 Å². The molecule has 0 unspecified atom stereocenters. The van der Waals surface area contributed by atoms with Crippen LogP contribution in [0.3, 0.4) is 0 Å². The number of carbonyl (C=O) groups is 2. The SMILES string of the molecule is CCc1ccc(C(=O)NNC(=O)c2ccc(N3CCCCCC3)nc2)cc1. The zero-order valence-corrected chi connectivity index (χ0v) is 15.7. The fourth-order valence-electron chi connectivity index (χ4n) is 3.16. The van der Waals surface area contributed by atoms with E-state index < -0.39 is 0 Å². The van der Waals surface area contributed by atoms with Gasteiger partial charge in [0.25, 0.3) is 11.8 Å². The van der Waals surface area contributed by atoms with Crippen LogP contribution in [-0.2, 0) is 6.42 Å². The molecule has 1 aliphatic heterocycles. The topological polar surface area (TPSA) is 74.3 Å². The molecule has 2 heterocycles. The summed E-state index contributed by atoms with van der Waals surface area (Å²) in [5.41, 5.74) is 6.96. The average Bonchev–Trinajstić information content (AvgIpc) is 3.01. The molecule has 2 aromatic rings. The van der Waals surface area contributed by atoms with E-state index in [-0.39, 0.29) is 11.8 Å². The molecule has 27 heavy (non-hydrogen) atoms. The molecule has 142 valence electrons. The number of pyridine rings is 1. The molecule has 2 amide bonds. The zero-order chi connectivity index (χ0) is 19.1. The van der Waals surface area contributed by atoms with Crippen molar-refractivity contribution in [3.63, 3.8) is 0 Å². The molecular weight excluding hydrogens is 340 g/mol. The van der Waals surface area contributed by atoms with Crippen molar-refractivity contribution in [3.8, 4) is 0 Å². The largest absolute Gasteiger partial charge is 0.357 e. The van der Waals surface area contributed by atoms with Gasteiger partial charge in [0.05, 0.1) is 5.56 Å². The lowest BCUT2D eigenvalue weighted by Crippen LogP contribution is -2.41. The van der Waals surface area contributed by atoms with Gasteiger partial charge in [0.15, 0.2) is 0 Å². The van der Waals surface area contributed by atoms with Crippen LogP contribution in [0.15, 0.2) is 42.6 Å². The molecule has 0 spiro atoms. The molecule has 1 aliphatic rings. The van der Waals surface area contributed by atoms with Crippen LogP contribution >= 0.6 is 0 Å². The van der Waals surface area contributed by atoms with Crippen molar-refractivity contribution in [2.24, 2.45) is 0 Å². The highest BCUT2D eigenvalue weighted by atomic mass is 16.2. The summed E-state index contributed by atoms with van der Waals surface area (Å²) >= 11 is 0. The number of nitrogens with zero attached hydrogens (tertiary/aromatic N) is 2. The zero-order valence-electron chi connectivity index (χ0n) is 15.7. The Balaban J connectivity index is 1.54. The molecule has 3 rings (SSSR count). The predicted molar refractivity (Wildman–Crippen MR) is 106 cm³/mol. The third-order valence-electron chi connectivity index (χ3n) is 4.85. The Morgan fingerprint density at radius 1 is 0.889 bits per heavy atom. The summed E-state index contributed by atoms with van der Waals surface area (Å²) in [7, 11) is 0. The van der Waals surface area contributed by atoms with E-state index in [2.05, 4.69) is 27.7 Å². The average molecular weight is 366 g/mol. The van der Waals surface area contributed by atoms with E-state index in [0.717, 1.165) is 30.9 Å². The van der Waals surface area contributed by atoms with Gasteiger partial charge in [-0.1, -0.05) is 31.9 Å². The second kappa shape index (κ2) is 9.16. The quantitative estimate of drug-likeness (QED) is 0.816. The Bertz CT molecular complexity index is 764. The van der Waals surface area contributed by atoms with Gasteiger partial charge in [-0.05, 0) is 49.1 Å². The lowest BCUT2D eigenvalue weighted by Gasteiger charge is -2.21. The Hall–Kier alpha value is -2.89. The molecule has 1 aromatic heterocycles. The summed E-state index contributed by atoms with van der Waals surface area (Å²) in [6.45, 7) is 4.07. The summed E-state index contributed by atoms with van der Waals surface area (Å²) in [5, 5.41) is 0. The van der Waals surface area contributed by atoms with E-state index in [0.29, 0.717) is 11.1 Å². The maximum absolute atomic E-state index is 12.2.